The fourth-order valence-electron chi connectivity index (χ4n) is 4.56. The predicted molar refractivity (Wildman–Crippen MR) is 136 cm³/mol. The molecule has 2 heterocycles. The van der Waals surface area contributed by atoms with E-state index in [1.165, 1.54) is 0 Å². The summed E-state index contributed by atoms with van der Waals surface area (Å²) in [6.45, 7) is 3.41. The molecule has 1 aliphatic heterocycles. The van der Waals surface area contributed by atoms with Crippen LogP contribution < -0.4 is 11.5 Å². The van der Waals surface area contributed by atoms with E-state index in [2.05, 4.69) is 10.2 Å². The van der Waals surface area contributed by atoms with E-state index >= 15 is 0 Å². The van der Waals surface area contributed by atoms with Gasteiger partial charge in [0.1, 0.15) is 0 Å². The summed E-state index contributed by atoms with van der Waals surface area (Å²) in [5, 5.41) is 8.57. The first kappa shape index (κ1) is 22.8. The van der Waals surface area contributed by atoms with E-state index in [1.807, 2.05) is 84.6 Å². The zero-order valence-electron chi connectivity index (χ0n) is 19.8. The van der Waals surface area contributed by atoms with Crippen LogP contribution in [0.1, 0.15) is 41.6 Å². The predicted octanol–water partition coefficient (Wildman–Crippen LogP) is 4.64. The van der Waals surface area contributed by atoms with Gasteiger partial charge in [-0.25, -0.2) is 0 Å². The minimum absolute atomic E-state index is 0.00687. The highest BCUT2D eigenvalue weighted by Crippen LogP contribution is 2.33. The van der Waals surface area contributed by atoms with Crippen LogP contribution in [0.3, 0.4) is 0 Å². The number of carbonyl (C=O) groups is 1. The molecule has 1 atom stereocenters. The first-order valence-corrected chi connectivity index (χ1v) is 11.9. The first-order valence-electron chi connectivity index (χ1n) is 11.9. The summed E-state index contributed by atoms with van der Waals surface area (Å²) in [6, 6.07) is 23.2. The number of anilines is 1. The molecule has 3 aromatic carbocycles. The Morgan fingerprint density at radius 3 is 2.40 bits per heavy atom. The van der Waals surface area contributed by atoms with Gasteiger partial charge < -0.3 is 20.8 Å². The smallest absolute Gasteiger partial charge is 0.253 e. The molecule has 0 unspecified atom stereocenters. The second-order valence-electron chi connectivity index (χ2n) is 9.38. The molecule has 1 amide bonds. The number of hydrogen-bond acceptors (Lipinski definition) is 6. The van der Waals surface area contributed by atoms with Gasteiger partial charge in [-0.2, -0.15) is 0 Å². The van der Waals surface area contributed by atoms with Crippen LogP contribution in [0.15, 0.2) is 77.2 Å². The number of rotatable bonds is 6. The topological polar surface area (TPSA) is 111 Å². The van der Waals surface area contributed by atoms with E-state index < -0.39 is 5.54 Å². The van der Waals surface area contributed by atoms with Gasteiger partial charge in [0.15, 0.2) is 0 Å². The van der Waals surface area contributed by atoms with Crippen LogP contribution in [0, 0.1) is 0 Å². The van der Waals surface area contributed by atoms with Gasteiger partial charge in [0, 0.05) is 35.5 Å². The molecular weight excluding hydrogens is 438 g/mol. The Kier molecular flexibility index (Phi) is 6.09. The van der Waals surface area contributed by atoms with Gasteiger partial charge in [0.2, 0.25) is 11.8 Å². The van der Waals surface area contributed by atoms with Crippen LogP contribution in [0.4, 0.5) is 5.69 Å². The molecule has 0 radical (unpaired) electrons. The molecule has 1 fully saturated rings. The van der Waals surface area contributed by atoms with E-state index in [9.17, 15) is 4.79 Å². The monoisotopic (exact) mass is 467 g/mol. The van der Waals surface area contributed by atoms with Gasteiger partial charge in [0.05, 0.1) is 5.54 Å². The Labute approximate surface area is 204 Å². The summed E-state index contributed by atoms with van der Waals surface area (Å²) in [5.74, 6) is 0.651. The van der Waals surface area contributed by atoms with Crippen molar-refractivity contribution < 1.29 is 9.21 Å². The number of nitrogens with two attached hydrogens (primary N) is 2. The fourth-order valence-corrected chi connectivity index (χ4v) is 4.56. The Hall–Kier alpha value is -3.97. The van der Waals surface area contributed by atoms with Gasteiger partial charge in [0.25, 0.3) is 5.91 Å². The lowest BCUT2D eigenvalue weighted by atomic mass is 9.94. The molecule has 1 saturated heterocycles. The summed E-state index contributed by atoms with van der Waals surface area (Å²) in [5.41, 5.74) is 16.6. The minimum Gasteiger partial charge on any atom is -0.419 e. The van der Waals surface area contributed by atoms with E-state index in [1.54, 1.807) is 0 Å². The van der Waals surface area contributed by atoms with Gasteiger partial charge in [-0.05, 0) is 61.6 Å². The van der Waals surface area contributed by atoms with E-state index in [4.69, 9.17) is 15.9 Å². The van der Waals surface area contributed by atoms with Gasteiger partial charge in [-0.1, -0.05) is 48.5 Å². The number of nitrogens with zero attached hydrogens (tertiary/aromatic N) is 3. The maximum Gasteiger partial charge on any atom is 0.253 e. The zero-order chi connectivity index (χ0) is 24.4. The molecule has 178 valence electrons. The van der Waals surface area contributed by atoms with Crippen LogP contribution in [-0.4, -0.2) is 34.1 Å². The molecule has 1 aromatic heterocycles. The molecule has 7 heteroatoms. The summed E-state index contributed by atoms with van der Waals surface area (Å²) < 4.78 is 6.08. The fraction of sp³-hybridized carbons (Fsp3) is 0.250. The third kappa shape index (κ3) is 4.81. The third-order valence-corrected chi connectivity index (χ3v) is 6.42. The highest BCUT2D eigenvalue weighted by atomic mass is 16.4. The molecule has 0 spiro atoms. The van der Waals surface area contributed by atoms with E-state index in [0.29, 0.717) is 35.0 Å². The molecule has 5 rings (SSSR count). The number of nitrogen functional groups attached to an aromatic ring is 1. The van der Waals surface area contributed by atoms with Crippen molar-refractivity contribution >= 4 is 11.6 Å². The van der Waals surface area contributed by atoms with Crippen molar-refractivity contribution in [2.45, 2.75) is 31.7 Å². The maximum absolute atomic E-state index is 13.3. The van der Waals surface area contributed by atoms with Crippen molar-refractivity contribution in [2.24, 2.45) is 5.73 Å². The lowest BCUT2D eigenvalue weighted by Gasteiger charge is -2.20. The highest BCUT2D eigenvalue weighted by molar-refractivity contribution is 5.97. The lowest BCUT2D eigenvalue weighted by molar-refractivity contribution is 0.0793. The number of carbonyl (C=O) groups excluding carboxylic acids is 1. The second-order valence-corrected chi connectivity index (χ2v) is 9.38. The largest absolute Gasteiger partial charge is 0.419 e. The number of para-hydroxylation sites is 1. The molecule has 4 N–H and O–H groups in total. The SMILES string of the molecule is C[C@@](N)(Cc1ccccc1)c1nnc(-c2cc(C(=O)N3CCCC3)cc(-c3ccccc3N)c2)o1. The molecule has 35 heavy (non-hydrogen) atoms. The van der Waals surface area contributed by atoms with Crippen molar-refractivity contribution in [3.63, 3.8) is 0 Å². The molecule has 4 aromatic rings. The number of benzene rings is 3. The quantitative estimate of drug-likeness (QED) is 0.400. The van der Waals surface area contributed by atoms with E-state index in [-0.39, 0.29) is 5.91 Å². The Bertz CT molecular complexity index is 1340. The summed E-state index contributed by atoms with van der Waals surface area (Å²) >= 11 is 0. The average Bonchev–Trinajstić information content (AvgIpc) is 3.57. The number of amides is 1. The molecule has 7 nitrogen and oxygen atoms in total. The summed E-state index contributed by atoms with van der Waals surface area (Å²) in [6.07, 6.45) is 2.59. The van der Waals surface area contributed by atoms with Crippen LogP contribution in [0.25, 0.3) is 22.6 Å². The van der Waals surface area contributed by atoms with Crippen molar-refractivity contribution in [2.75, 3.05) is 18.8 Å². The molecule has 0 aliphatic carbocycles. The average molecular weight is 468 g/mol. The van der Waals surface area contributed by atoms with Gasteiger partial charge in [-0.3, -0.25) is 4.79 Å². The Balaban J connectivity index is 1.53. The minimum atomic E-state index is -0.845. The standard InChI is InChI=1S/C28H29N5O2/c1-28(30,18-19-9-3-2-4-10-19)27-32-31-25(35-27)21-15-20(23-11-5-6-12-24(23)29)16-22(17-21)26(34)33-13-7-8-14-33/h2-6,9-12,15-17H,7-8,13-14,18,29-30H2,1H3/t28-/m1/s1. The van der Waals surface area contributed by atoms with Crippen LogP contribution in [-0.2, 0) is 12.0 Å². The summed E-state index contributed by atoms with van der Waals surface area (Å²) in [4.78, 5) is 15.2. The van der Waals surface area contributed by atoms with E-state index in [0.717, 1.165) is 42.6 Å². The first-order chi connectivity index (χ1) is 16.9. The van der Waals surface area contributed by atoms with Crippen molar-refractivity contribution in [1.82, 2.24) is 15.1 Å². The number of aromatic nitrogens is 2. The molecular formula is C28H29N5O2. The van der Waals surface area contributed by atoms with Crippen LogP contribution >= 0.6 is 0 Å². The lowest BCUT2D eigenvalue weighted by Crippen LogP contribution is -2.35. The van der Waals surface area contributed by atoms with Crippen molar-refractivity contribution in [3.8, 4) is 22.6 Å². The Morgan fingerprint density at radius 1 is 0.971 bits per heavy atom. The van der Waals surface area contributed by atoms with Crippen LogP contribution in [0.5, 0.6) is 0 Å². The second kappa shape index (κ2) is 9.35. The Morgan fingerprint density at radius 2 is 1.66 bits per heavy atom. The molecule has 1 aliphatic rings. The van der Waals surface area contributed by atoms with Crippen molar-refractivity contribution in [3.05, 3.63) is 89.8 Å². The molecule has 0 saturated carbocycles. The van der Waals surface area contributed by atoms with Crippen molar-refractivity contribution in [1.29, 1.82) is 0 Å². The highest BCUT2D eigenvalue weighted by Gasteiger charge is 2.29. The zero-order valence-corrected chi connectivity index (χ0v) is 19.8. The normalized spacial score (nSPS) is 15.2. The third-order valence-electron chi connectivity index (χ3n) is 6.42. The molecule has 0 bridgehead atoms. The summed E-state index contributed by atoms with van der Waals surface area (Å²) in [7, 11) is 0. The van der Waals surface area contributed by atoms with Gasteiger partial charge in [-0.15, -0.1) is 10.2 Å². The number of hydrogen-bond donors (Lipinski definition) is 2. The maximum atomic E-state index is 13.3. The van der Waals surface area contributed by atoms with Gasteiger partial charge >= 0.3 is 0 Å². The number of likely N-dealkylation sites (tertiary alicyclic amines) is 1. The van der Waals surface area contributed by atoms with Crippen LogP contribution in [0.2, 0.25) is 0 Å².